The summed E-state index contributed by atoms with van der Waals surface area (Å²) in [7, 11) is 0. The van der Waals surface area contributed by atoms with Gasteiger partial charge in [-0.25, -0.2) is 0 Å². The van der Waals surface area contributed by atoms with Crippen LogP contribution in [0.3, 0.4) is 0 Å². The molecule has 3 aliphatic rings. The zero-order chi connectivity index (χ0) is 13.4. The summed E-state index contributed by atoms with van der Waals surface area (Å²) >= 11 is 0. The Kier molecular flexibility index (Phi) is 3.33. The summed E-state index contributed by atoms with van der Waals surface area (Å²) in [5, 5.41) is 0. The first-order valence-electron chi connectivity index (χ1n) is 7.94. The Morgan fingerprint density at radius 3 is 2.95 bits per heavy atom. The van der Waals surface area contributed by atoms with Gasteiger partial charge in [0.2, 0.25) is 0 Å². The second-order valence-corrected chi connectivity index (χ2v) is 6.45. The average molecular weight is 276 g/mol. The van der Waals surface area contributed by atoms with Gasteiger partial charge in [-0.2, -0.15) is 0 Å². The molecule has 2 fully saturated rings. The standard InChI is InChI=1S/C16H24N2O2/c1-2-15-13-18(8-7-17(15)6-1)14-3-9-20-16(12-14)4-10-19-11-5-16/h1-2,6,14H,3-5,7-13H2. The highest BCUT2D eigenvalue weighted by Crippen LogP contribution is 2.36. The molecule has 0 amide bonds. The topological polar surface area (TPSA) is 26.6 Å². The molecule has 0 bridgehead atoms. The van der Waals surface area contributed by atoms with Crippen molar-refractivity contribution < 1.29 is 9.47 Å². The van der Waals surface area contributed by atoms with Crippen molar-refractivity contribution in [2.75, 3.05) is 26.4 Å². The third-order valence-corrected chi connectivity index (χ3v) is 5.30. The molecule has 1 aromatic rings. The van der Waals surface area contributed by atoms with Gasteiger partial charge in [-0.1, -0.05) is 0 Å². The Labute approximate surface area is 120 Å². The molecule has 0 aromatic carbocycles. The van der Waals surface area contributed by atoms with Crippen LogP contribution in [-0.4, -0.2) is 47.5 Å². The maximum Gasteiger partial charge on any atom is 0.0741 e. The first kappa shape index (κ1) is 12.9. The van der Waals surface area contributed by atoms with Gasteiger partial charge in [-0.05, 0) is 37.8 Å². The van der Waals surface area contributed by atoms with E-state index in [1.807, 2.05) is 0 Å². The van der Waals surface area contributed by atoms with Crippen molar-refractivity contribution in [1.82, 2.24) is 9.47 Å². The Bertz CT molecular complexity index is 459. The number of rotatable bonds is 1. The van der Waals surface area contributed by atoms with E-state index in [1.54, 1.807) is 0 Å². The van der Waals surface area contributed by atoms with Gasteiger partial charge in [0.1, 0.15) is 0 Å². The lowest BCUT2D eigenvalue weighted by Gasteiger charge is -2.47. The van der Waals surface area contributed by atoms with Crippen LogP contribution in [0.5, 0.6) is 0 Å². The quantitative estimate of drug-likeness (QED) is 0.785. The van der Waals surface area contributed by atoms with Gasteiger partial charge < -0.3 is 14.0 Å². The summed E-state index contributed by atoms with van der Waals surface area (Å²) in [4.78, 5) is 2.68. The largest absolute Gasteiger partial charge is 0.381 e. The third-order valence-electron chi connectivity index (χ3n) is 5.30. The lowest BCUT2D eigenvalue weighted by atomic mass is 9.83. The van der Waals surface area contributed by atoms with Gasteiger partial charge in [-0.3, -0.25) is 4.90 Å². The molecular weight excluding hydrogens is 252 g/mol. The molecule has 1 aromatic heterocycles. The van der Waals surface area contributed by atoms with Gasteiger partial charge in [-0.15, -0.1) is 0 Å². The van der Waals surface area contributed by atoms with Crippen LogP contribution in [0.4, 0.5) is 0 Å². The van der Waals surface area contributed by atoms with Crippen molar-refractivity contribution in [1.29, 1.82) is 0 Å². The number of hydrogen-bond acceptors (Lipinski definition) is 3. The van der Waals surface area contributed by atoms with E-state index in [-0.39, 0.29) is 5.60 Å². The molecule has 3 aliphatic heterocycles. The normalized spacial score (nSPS) is 30.3. The molecule has 4 heteroatoms. The van der Waals surface area contributed by atoms with E-state index in [0.717, 1.165) is 45.8 Å². The molecule has 4 rings (SSSR count). The number of hydrogen-bond donors (Lipinski definition) is 0. The molecule has 0 N–H and O–H groups in total. The molecule has 20 heavy (non-hydrogen) atoms. The van der Waals surface area contributed by atoms with Gasteiger partial charge >= 0.3 is 0 Å². The van der Waals surface area contributed by atoms with E-state index in [1.165, 1.54) is 25.1 Å². The summed E-state index contributed by atoms with van der Waals surface area (Å²) in [5.41, 5.74) is 1.57. The van der Waals surface area contributed by atoms with Crippen LogP contribution in [0.2, 0.25) is 0 Å². The highest BCUT2D eigenvalue weighted by atomic mass is 16.5. The summed E-state index contributed by atoms with van der Waals surface area (Å²) in [6.45, 7) is 6.08. The second-order valence-electron chi connectivity index (χ2n) is 6.45. The maximum atomic E-state index is 6.17. The monoisotopic (exact) mass is 276 g/mol. The zero-order valence-electron chi connectivity index (χ0n) is 12.1. The van der Waals surface area contributed by atoms with E-state index >= 15 is 0 Å². The Balaban J connectivity index is 1.46. The van der Waals surface area contributed by atoms with Crippen molar-refractivity contribution in [3.63, 3.8) is 0 Å². The van der Waals surface area contributed by atoms with E-state index < -0.39 is 0 Å². The summed E-state index contributed by atoms with van der Waals surface area (Å²) in [5.74, 6) is 0. The molecular formula is C16H24N2O2. The van der Waals surface area contributed by atoms with Crippen molar-refractivity contribution >= 4 is 0 Å². The molecule has 4 nitrogen and oxygen atoms in total. The highest BCUT2D eigenvalue weighted by Gasteiger charge is 2.41. The number of nitrogens with zero attached hydrogens (tertiary/aromatic N) is 2. The predicted molar refractivity (Wildman–Crippen MR) is 76.6 cm³/mol. The van der Waals surface area contributed by atoms with Crippen molar-refractivity contribution in [3.05, 3.63) is 24.0 Å². The third kappa shape index (κ3) is 2.30. The number of aromatic nitrogens is 1. The van der Waals surface area contributed by atoms with E-state index in [9.17, 15) is 0 Å². The maximum absolute atomic E-state index is 6.17. The molecule has 2 saturated heterocycles. The highest BCUT2D eigenvalue weighted by molar-refractivity contribution is 5.09. The predicted octanol–water partition coefficient (Wildman–Crippen LogP) is 2.03. The van der Waals surface area contributed by atoms with Gasteiger partial charge in [0.25, 0.3) is 0 Å². The number of ether oxygens (including phenoxy) is 2. The molecule has 0 radical (unpaired) electrons. The lowest BCUT2D eigenvalue weighted by Crippen LogP contribution is -2.52. The van der Waals surface area contributed by atoms with E-state index in [2.05, 4.69) is 27.8 Å². The Hall–Kier alpha value is -0.840. The van der Waals surface area contributed by atoms with Gasteiger partial charge in [0, 0.05) is 57.4 Å². The van der Waals surface area contributed by atoms with E-state index in [4.69, 9.17) is 9.47 Å². The second kappa shape index (κ2) is 5.17. The fraction of sp³-hybridized carbons (Fsp3) is 0.750. The minimum absolute atomic E-state index is 0.112. The average Bonchev–Trinajstić information content (AvgIpc) is 2.95. The minimum Gasteiger partial charge on any atom is -0.381 e. The number of fused-ring (bicyclic) bond motifs is 1. The summed E-state index contributed by atoms with van der Waals surface area (Å²) in [6.07, 6.45) is 6.73. The summed E-state index contributed by atoms with van der Waals surface area (Å²) in [6, 6.07) is 5.11. The van der Waals surface area contributed by atoms with Crippen molar-refractivity contribution in [2.45, 2.75) is 50.4 Å². The molecule has 1 atom stereocenters. The lowest BCUT2D eigenvalue weighted by molar-refractivity contribution is -0.153. The van der Waals surface area contributed by atoms with Crippen LogP contribution in [0.15, 0.2) is 18.3 Å². The van der Waals surface area contributed by atoms with Gasteiger partial charge in [0.05, 0.1) is 5.60 Å². The molecule has 0 saturated carbocycles. The molecule has 4 heterocycles. The molecule has 1 spiro atoms. The molecule has 1 unspecified atom stereocenters. The van der Waals surface area contributed by atoms with Crippen LogP contribution < -0.4 is 0 Å². The van der Waals surface area contributed by atoms with Crippen LogP contribution in [0, 0.1) is 0 Å². The molecule has 0 aliphatic carbocycles. The first-order valence-corrected chi connectivity index (χ1v) is 7.94. The van der Waals surface area contributed by atoms with Crippen LogP contribution in [0.1, 0.15) is 31.4 Å². The summed E-state index contributed by atoms with van der Waals surface area (Å²) < 4.78 is 14.1. The van der Waals surface area contributed by atoms with Gasteiger partial charge in [0.15, 0.2) is 0 Å². The Morgan fingerprint density at radius 2 is 2.05 bits per heavy atom. The smallest absolute Gasteiger partial charge is 0.0741 e. The van der Waals surface area contributed by atoms with Crippen LogP contribution in [-0.2, 0) is 22.6 Å². The molecule has 110 valence electrons. The van der Waals surface area contributed by atoms with Crippen LogP contribution >= 0.6 is 0 Å². The first-order chi connectivity index (χ1) is 9.85. The SMILES string of the molecule is c1cc2n(c1)CCN(C1CCOC3(CCOCC3)C1)C2. The minimum atomic E-state index is 0.112. The fourth-order valence-corrected chi connectivity index (χ4v) is 4.05. The fourth-order valence-electron chi connectivity index (χ4n) is 4.05. The Morgan fingerprint density at radius 1 is 1.15 bits per heavy atom. The van der Waals surface area contributed by atoms with Crippen molar-refractivity contribution in [3.8, 4) is 0 Å². The van der Waals surface area contributed by atoms with E-state index in [0.29, 0.717) is 6.04 Å². The van der Waals surface area contributed by atoms with Crippen molar-refractivity contribution in [2.24, 2.45) is 0 Å². The van der Waals surface area contributed by atoms with Crippen LogP contribution in [0.25, 0.3) is 0 Å². The zero-order valence-corrected chi connectivity index (χ0v) is 12.1.